The van der Waals surface area contributed by atoms with Gasteiger partial charge in [0.05, 0.1) is 18.8 Å². The molecule has 0 spiro atoms. The summed E-state index contributed by atoms with van der Waals surface area (Å²) in [5.41, 5.74) is 3.17. The van der Waals surface area contributed by atoms with E-state index in [1.54, 1.807) is 13.0 Å². The maximum absolute atomic E-state index is 10.4. The van der Waals surface area contributed by atoms with E-state index in [2.05, 4.69) is 0 Å². The van der Waals surface area contributed by atoms with Crippen LogP contribution in [0.5, 0.6) is 0 Å². The lowest BCUT2D eigenvalue weighted by Crippen LogP contribution is -2.31. The van der Waals surface area contributed by atoms with Gasteiger partial charge in [-0.25, -0.2) is 0 Å². The average molecular weight is 278 g/mol. The SMILES string of the molecule is Cc1ccc([C@@H](C)[C@@H](O)[C@@H](C)[C@H](C)O)c(C=CCO)c1. The van der Waals surface area contributed by atoms with Crippen molar-refractivity contribution in [1.82, 2.24) is 0 Å². The van der Waals surface area contributed by atoms with E-state index < -0.39 is 12.2 Å². The summed E-state index contributed by atoms with van der Waals surface area (Å²) in [7, 11) is 0. The molecule has 0 heterocycles. The average Bonchev–Trinajstić information content (AvgIpc) is 2.42. The van der Waals surface area contributed by atoms with Gasteiger partial charge in [0.15, 0.2) is 0 Å². The summed E-state index contributed by atoms with van der Waals surface area (Å²) in [6.07, 6.45) is 2.40. The molecule has 1 aromatic rings. The quantitative estimate of drug-likeness (QED) is 0.749. The van der Waals surface area contributed by atoms with Crippen LogP contribution in [0.3, 0.4) is 0 Å². The second-order valence-corrected chi connectivity index (χ2v) is 5.60. The summed E-state index contributed by atoms with van der Waals surface area (Å²) in [4.78, 5) is 0. The molecule has 0 bridgehead atoms. The summed E-state index contributed by atoms with van der Waals surface area (Å²) in [6, 6.07) is 6.06. The standard InChI is InChI=1S/C17H26O3/c1-11-7-8-16(15(10-11)6-5-9-18)13(3)17(20)12(2)14(4)19/h5-8,10,12-14,17-20H,9H2,1-4H3/t12-,13+,14-,17-/m0/s1. The minimum absolute atomic E-state index is 0.00556. The first-order chi connectivity index (χ1) is 9.38. The zero-order valence-electron chi connectivity index (χ0n) is 12.7. The molecular weight excluding hydrogens is 252 g/mol. The van der Waals surface area contributed by atoms with Gasteiger partial charge in [0.2, 0.25) is 0 Å². The molecule has 1 aromatic carbocycles. The Morgan fingerprint density at radius 2 is 1.80 bits per heavy atom. The second-order valence-electron chi connectivity index (χ2n) is 5.60. The third kappa shape index (κ3) is 4.17. The monoisotopic (exact) mass is 278 g/mol. The van der Waals surface area contributed by atoms with Gasteiger partial charge in [0, 0.05) is 11.8 Å². The lowest BCUT2D eigenvalue weighted by Gasteiger charge is -2.28. The van der Waals surface area contributed by atoms with Crippen molar-refractivity contribution in [2.75, 3.05) is 6.61 Å². The zero-order valence-corrected chi connectivity index (χ0v) is 12.7. The summed E-state index contributed by atoms with van der Waals surface area (Å²) in [5, 5.41) is 29.0. The highest BCUT2D eigenvalue weighted by Gasteiger charge is 2.26. The summed E-state index contributed by atoms with van der Waals surface area (Å²) >= 11 is 0. The van der Waals surface area contributed by atoms with Crippen molar-refractivity contribution in [3.8, 4) is 0 Å². The van der Waals surface area contributed by atoms with Gasteiger partial charge in [-0.05, 0) is 25.0 Å². The molecule has 20 heavy (non-hydrogen) atoms. The number of aryl methyl sites for hydroxylation is 1. The van der Waals surface area contributed by atoms with Gasteiger partial charge in [-0.1, -0.05) is 49.8 Å². The molecule has 0 radical (unpaired) electrons. The molecule has 3 heteroatoms. The van der Waals surface area contributed by atoms with Crippen LogP contribution in [0.15, 0.2) is 24.3 Å². The lowest BCUT2D eigenvalue weighted by atomic mass is 9.83. The van der Waals surface area contributed by atoms with Crippen molar-refractivity contribution >= 4 is 6.08 Å². The van der Waals surface area contributed by atoms with Crippen molar-refractivity contribution in [3.05, 3.63) is 41.0 Å². The summed E-state index contributed by atoms with van der Waals surface area (Å²) in [6.45, 7) is 7.52. The summed E-state index contributed by atoms with van der Waals surface area (Å²) in [5.74, 6) is -0.278. The van der Waals surface area contributed by atoms with Crippen LogP contribution in [0.25, 0.3) is 6.08 Å². The van der Waals surface area contributed by atoms with Crippen LogP contribution in [0.2, 0.25) is 0 Å². The van der Waals surface area contributed by atoms with Crippen LogP contribution in [-0.2, 0) is 0 Å². The van der Waals surface area contributed by atoms with E-state index in [9.17, 15) is 10.2 Å². The molecule has 0 fully saturated rings. The van der Waals surface area contributed by atoms with Crippen molar-refractivity contribution < 1.29 is 15.3 Å². The molecule has 0 aliphatic carbocycles. The third-order valence-electron chi connectivity index (χ3n) is 3.95. The fourth-order valence-corrected chi connectivity index (χ4v) is 2.36. The lowest BCUT2D eigenvalue weighted by molar-refractivity contribution is 0.0190. The maximum atomic E-state index is 10.4. The first kappa shape index (κ1) is 16.9. The van der Waals surface area contributed by atoms with E-state index in [0.29, 0.717) is 0 Å². The molecule has 0 unspecified atom stereocenters. The Morgan fingerprint density at radius 3 is 2.35 bits per heavy atom. The van der Waals surface area contributed by atoms with Crippen LogP contribution in [0, 0.1) is 12.8 Å². The number of benzene rings is 1. The van der Waals surface area contributed by atoms with Crippen molar-refractivity contribution in [3.63, 3.8) is 0 Å². The molecule has 4 atom stereocenters. The Labute approximate surface area is 121 Å². The Kier molecular flexibility index (Phi) is 6.40. The summed E-state index contributed by atoms with van der Waals surface area (Å²) < 4.78 is 0. The Morgan fingerprint density at radius 1 is 1.15 bits per heavy atom. The van der Waals surface area contributed by atoms with Crippen molar-refractivity contribution in [1.29, 1.82) is 0 Å². The van der Waals surface area contributed by atoms with E-state index in [4.69, 9.17) is 5.11 Å². The van der Waals surface area contributed by atoms with Crippen molar-refractivity contribution in [2.24, 2.45) is 5.92 Å². The van der Waals surface area contributed by atoms with E-state index in [0.717, 1.165) is 16.7 Å². The van der Waals surface area contributed by atoms with E-state index in [-0.39, 0.29) is 18.4 Å². The molecule has 3 N–H and O–H groups in total. The Hall–Kier alpha value is -1.16. The molecule has 112 valence electrons. The fourth-order valence-electron chi connectivity index (χ4n) is 2.36. The van der Waals surface area contributed by atoms with Crippen LogP contribution < -0.4 is 0 Å². The van der Waals surface area contributed by atoms with Crippen LogP contribution >= 0.6 is 0 Å². The van der Waals surface area contributed by atoms with Gasteiger partial charge in [0.25, 0.3) is 0 Å². The fraction of sp³-hybridized carbons (Fsp3) is 0.529. The maximum Gasteiger partial charge on any atom is 0.0656 e. The van der Waals surface area contributed by atoms with E-state index >= 15 is 0 Å². The molecule has 0 amide bonds. The molecule has 1 rings (SSSR count). The molecule has 0 aromatic heterocycles. The van der Waals surface area contributed by atoms with E-state index in [1.165, 1.54) is 0 Å². The number of hydrogen-bond donors (Lipinski definition) is 3. The minimum Gasteiger partial charge on any atom is -0.393 e. The van der Waals surface area contributed by atoms with Gasteiger partial charge in [-0.15, -0.1) is 0 Å². The topological polar surface area (TPSA) is 60.7 Å². The first-order valence-corrected chi connectivity index (χ1v) is 7.12. The third-order valence-corrected chi connectivity index (χ3v) is 3.95. The predicted octanol–water partition coefficient (Wildman–Crippen LogP) is 2.48. The van der Waals surface area contributed by atoms with Crippen LogP contribution in [0.4, 0.5) is 0 Å². The predicted molar refractivity (Wildman–Crippen MR) is 82.6 cm³/mol. The van der Waals surface area contributed by atoms with E-state index in [1.807, 2.05) is 45.0 Å². The largest absolute Gasteiger partial charge is 0.393 e. The molecular formula is C17H26O3. The Balaban J connectivity index is 3.08. The highest BCUT2D eigenvalue weighted by molar-refractivity contribution is 5.56. The first-order valence-electron chi connectivity index (χ1n) is 7.12. The zero-order chi connectivity index (χ0) is 15.3. The van der Waals surface area contributed by atoms with Gasteiger partial charge in [0.1, 0.15) is 0 Å². The molecule has 3 nitrogen and oxygen atoms in total. The van der Waals surface area contributed by atoms with Gasteiger partial charge < -0.3 is 15.3 Å². The number of rotatable bonds is 6. The van der Waals surface area contributed by atoms with Crippen LogP contribution in [-0.4, -0.2) is 34.1 Å². The Bertz CT molecular complexity index is 452. The number of hydrogen-bond acceptors (Lipinski definition) is 3. The molecule has 0 aliphatic rings. The second kappa shape index (κ2) is 7.58. The van der Waals surface area contributed by atoms with Gasteiger partial charge in [-0.3, -0.25) is 0 Å². The van der Waals surface area contributed by atoms with Crippen molar-refractivity contribution in [2.45, 2.75) is 45.8 Å². The highest BCUT2D eigenvalue weighted by atomic mass is 16.3. The van der Waals surface area contributed by atoms with Crippen LogP contribution in [0.1, 0.15) is 43.4 Å². The van der Waals surface area contributed by atoms with Gasteiger partial charge in [-0.2, -0.15) is 0 Å². The molecule has 0 saturated carbocycles. The van der Waals surface area contributed by atoms with Gasteiger partial charge >= 0.3 is 0 Å². The molecule has 0 aliphatic heterocycles. The molecule has 0 saturated heterocycles. The smallest absolute Gasteiger partial charge is 0.0656 e. The minimum atomic E-state index is -0.612. The number of aliphatic hydroxyl groups excluding tert-OH is 3. The normalized spacial score (nSPS) is 17.9. The number of aliphatic hydroxyl groups is 3. The highest BCUT2D eigenvalue weighted by Crippen LogP contribution is 2.29.